The molecule has 3 rings (SSSR count). The molecule has 0 aliphatic rings. The average molecular weight is 240 g/mol. The van der Waals surface area contributed by atoms with Crippen molar-refractivity contribution >= 4 is 17.0 Å². The van der Waals surface area contributed by atoms with Crippen molar-refractivity contribution in [1.82, 2.24) is 25.1 Å². The highest BCUT2D eigenvalue weighted by Gasteiger charge is 2.02. The van der Waals surface area contributed by atoms with Gasteiger partial charge in [-0.3, -0.25) is 10.1 Å². The monoisotopic (exact) mass is 240 g/mol. The molecule has 0 amide bonds. The summed E-state index contributed by atoms with van der Waals surface area (Å²) >= 11 is 0. The van der Waals surface area contributed by atoms with Crippen molar-refractivity contribution in [1.29, 1.82) is 0 Å². The van der Waals surface area contributed by atoms with E-state index in [1.807, 2.05) is 25.3 Å². The van der Waals surface area contributed by atoms with Crippen LogP contribution in [0, 0.1) is 6.92 Å². The fraction of sp³-hybridized carbons (Fsp3) is 0.167. The molecule has 0 spiro atoms. The molecule has 6 heteroatoms. The second-order valence-electron chi connectivity index (χ2n) is 3.97. The van der Waals surface area contributed by atoms with E-state index in [0.717, 1.165) is 22.6 Å². The highest BCUT2D eigenvalue weighted by atomic mass is 15.1. The van der Waals surface area contributed by atoms with Gasteiger partial charge in [-0.25, -0.2) is 9.97 Å². The van der Waals surface area contributed by atoms with Crippen molar-refractivity contribution in [2.75, 3.05) is 5.32 Å². The van der Waals surface area contributed by atoms with E-state index in [4.69, 9.17) is 0 Å². The molecule has 18 heavy (non-hydrogen) atoms. The van der Waals surface area contributed by atoms with Crippen LogP contribution < -0.4 is 5.32 Å². The maximum atomic E-state index is 4.39. The average Bonchev–Trinajstić information content (AvgIpc) is 2.82. The normalized spacial score (nSPS) is 10.7. The fourth-order valence-electron chi connectivity index (χ4n) is 1.69. The standard InChI is InChI=1S/C12H12N6/c1-8-9(7-16-18-8)6-15-11-3-2-10-12(17-11)14-5-4-13-10/h2-5,7H,6H2,1H3,(H,16,18)(H,14,15,17). The van der Waals surface area contributed by atoms with Crippen LogP contribution in [-0.2, 0) is 6.54 Å². The lowest BCUT2D eigenvalue weighted by atomic mass is 10.2. The minimum atomic E-state index is 0.645. The third-order valence-electron chi connectivity index (χ3n) is 2.73. The second-order valence-corrected chi connectivity index (χ2v) is 3.97. The van der Waals surface area contributed by atoms with Crippen LogP contribution in [0.1, 0.15) is 11.3 Å². The number of H-pyrrole nitrogens is 1. The van der Waals surface area contributed by atoms with Gasteiger partial charge in [-0.1, -0.05) is 0 Å². The zero-order chi connectivity index (χ0) is 12.4. The second kappa shape index (κ2) is 4.40. The summed E-state index contributed by atoms with van der Waals surface area (Å²) < 4.78 is 0. The van der Waals surface area contributed by atoms with Crippen LogP contribution in [0.3, 0.4) is 0 Å². The molecular weight excluding hydrogens is 228 g/mol. The first-order valence-corrected chi connectivity index (χ1v) is 5.63. The van der Waals surface area contributed by atoms with Gasteiger partial charge in [0.1, 0.15) is 11.3 Å². The summed E-state index contributed by atoms with van der Waals surface area (Å²) in [5.41, 5.74) is 3.62. The van der Waals surface area contributed by atoms with Gasteiger partial charge in [-0.15, -0.1) is 0 Å². The minimum absolute atomic E-state index is 0.645. The molecule has 90 valence electrons. The number of nitrogens with one attached hydrogen (secondary N) is 2. The molecule has 0 saturated heterocycles. The van der Waals surface area contributed by atoms with Gasteiger partial charge in [-0.05, 0) is 19.1 Å². The van der Waals surface area contributed by atoms with Crippen molar-refractivity contribution in [2.45, 2.75) is 13.5 Å². The summed E-state index contributed by atoms with van der Waals surface area (Å²) in [5, 5.41) is 10.1. The molecule has 0 fully saturated rings. The minimum Gasteiger partial charge on any atom is -0.366 e. The first-order chi connectivity index (χ1) is 8.83. The Balaban J connectivity index is 1.81. The van der Waals surface area contributed by atoms with Crippen LogP contribution in [0.5, 0.6) is 0 Å². The van der Waals surface area contributed by atoms with Crippen molar-refractivity contribution in [3.05, 3.63) is 42.0 Å². The summed E-state index contributed by atoms with van der Waals surface area (Å²) in [6.45, 7) is 2.67. The van der Waals surface area contributed by atoms with E-state index < -0.39 is 0 Å². The molecule has 0 atom stereocenters. The number of nitrogens with zero attached hydrogens (tertiary/aromatic N) is 4. The lowest BCUT2D eigenvalue weighted by Crippen LogP contribution is -2.02. The summed E-state index contributed by atoms with van der Waals surface area (Å²) in [5.74, 6) is 0.781. The first-order valence-electron chi connectivity index (χ1n) is 5.63. The maximum absolute atomic E-state index is 4.39. The zero-order valence-corrected chi connectivity index (χ0v) is 9.88. The van der Waals surface area contributed by atoms with Crippen molar-refractivity contribution in [3.63, 3.8) is 0 Å². The zero-order valence-electron chi connectivity index (χ0n) is 9.88. The fourth-order valence-corrected chi connectivity index (χ4v) is 1.69. The molecule has 0 aliphatic heterocycles. The van der Waals surface area contributed by atoms with Crippen LogP contribution in [-0.4, -0.2) is 25.1 Å². The number of anilines is 1. The number of aromatic nitrogens is 5. The molecule has 0 radical (unpaired) electrons. The van der Waals surface area contributed by atoms with Crippen LogP contribution >= 0.6 is 0 Å². The summed E-state index contributed by atoms with van der Waals surface area (Å²) in [6, 6.07) is 3.80. The highest BCUT2D eigenvalue weighted by Crippen LogP contribution is 2.12. The molecule has 0 bridgehead atoms. The number of hydrogen-bond donors (Lipinski definition) is 2. The third kappa shape index (κ3) is 2.00. The highest BCUT2D eigenvalue weighted by molar-refractivity contribution is 5.71. The number of aryl methyl sites for hydroxylation is 1. The Morgan fingerprint density at radius 1 is 1.22 bits per heavy atom. The van der Waals surface area contributed by atoms with Gasteiger partial charge in [0.15, 0.2) is 5.65 Å². The van der Waals surface area contributed by atoms with Gasteiger partial charge < -0.3 is 5.32 Å². The molecule has 6 nitrogen and oxygen atoms in total. The van der Waals surface area contributed by atoms with Gasteiger partial charge in [0, 0.05) is 30.2 Å². The quantitative estimate of drug-likeness (QED) is 0.728. The molecule has 3 heterocycles. The SMILES string of the molecule is Cc1[nH]ncc1CNc1ccc2nccnc2n1. The number of hydrogen-bond acceptors (Lipinski definition) is 5. The Morgan fingerprint density at radius 2 is 2.11 bits per heavy atom. The lowest BCUT2D eigenvalue weighted by molar-refractivity contribution is 1.04. The first kappa shape index (κ1) is 10.6. The van der Waals surface area contributed by atoms with E-state index in [2.05, 4.69) is 30.5 Å². The Kier molecular flexibility index (Phi) is 2.60. The van der Waals surface area contributed by atoms with Crippen molar-refractivity contribution in [3.8, 4) is 0 Å². The van der Waals surface area contributed by atoms with Crippen molar-refractivity contribution < 1.29 is 0 Å². The molecule has 3 aromatic rings. The molecular formula is C12H12N6. The topological polar surface area (TPSA) is 79.4 Å². The lowest BCUT2D eigenvalue weighted by Gasteiger charge is -2.05. The van der Waals surface area contributed by atoms with Gasteiger partial charge >= 0.3 is 0 Å². The Labute approximate surface area is 104 Å². The van der Waals surface area contributed by atoms with Crippen LogP contribution in [0.15, 0.2) is 30.7 Å². The molecule has 0 aromatic carbocycles. The number of fused-ring (bicyclic) bond motifs is 1. The van der Waals surface area contributed by atoms with E-state index in [0.29, 0.717) is 12.2 Å². The smallest absolute Gasteiger partial charge is 0.180 e. The van der Waals surface area contributed by atoms with Gasteiger partial charge in [0.2, 0.25) is 0 Å². The van der Waals surface area contributed by atoms with Crippen LogP contribution in [0.2, 0.25) is 0 Å². The molecule has 0 saturated carbocycles. The predicted octanol–water partition coefficient (Wildman–Crippen LogP) is 1.67. The van der Waals surface area contributed by atoms with Gasteiger partial charge in [-0.2, -0.15) is 5.10 Å². The van der Waals surface area contributed by atoms with Gasteiger partial charge in [0.05, 0.1) is 6.20 Å². The third-order valence-corrected chi connectivity index (χ3v) is 2.73. The number of pyridine rings is 1. The molecule has 3 aromatic heterocycles. The molecule has 0 unspecified atom stereocenters. The summed E-state index contributed by atoms with van der Waals surface area (Å²) in [7, 11) is 0. The molecule has 0 aliphatic carbocycles. The Bertz CT molecular complexity index is 675. The summed E-state index contributed by atoms with van der Waals surface area (Å²) in [6.07, 6.45) is 5.11. The van der Waals surface area contributed by atoms with E-state index in [1.165, 1.54) is 0 Å². The van der Waals surface area contributed by atoms with Crippen LogP contribution in [0.4, 0.5) is 5.82 Å². The summed E-state index contributed by atoms with van der Waals surface area (Å²) in [4.78, 5) is 12.7. The predicted molar refractivity (Wildman–Crippen MR) is 68.0 cm³/mol. The van der Waals surface area contributed by atoms with Crippen molar-refractivity contribution in [2.24, 2.45) is 0 Å². The number of aromatic amines is 1. The van der Waals surface area contributed by atoms with Gasteiger partial charge in [0.25, 0.3) is 0 Å². The van der Waals surface area contributed by atoms with E-state index in [-0.39, 0.29) is 0 Å². The Morgan fingerprint density at radius 3 is 2.94 bits per heavy atom. The number of rotatable bonds is 3. The van der Waals surface area contributed by atoms with E-state index in [9.17, 15) is 0 Å². The largest absolute Gasteiger partial charge is 0.366 e. The Hall–Kier alpha value is -2.50. The molecule has 2 N–H and O–H groups in total. The van der Waals surface area contributed by atoms with E-state index >= 15 is 0 Å². The maximum Gasteiger partial charge on any atom is 0.180 e. The van der Waals surface area contributed by atoms with Crippen LogP contribution in [0.25, 0.3) is 11.2 Å². The van der Waals surface area contributed by atoms with E-state index in [1.54, 1.807) is 12.4 Å².